The second kappa shape index (κ2) is 9.10. The van der Waals surface area contributed by atoms with Gasteiger partial charge < -0.3 is 9.84 Å². The summed E-state index contributed by atoms with van der Waals surface area (Å²) in [6.45, 7) is 2.48. The van der Waals surface area contributed by atoms with Crippen LogP contribution in [0.4, 0.5) is 0 Å². The molecule has 1 N–H and O–H groups in total. The fourth-order valence-electron chi connectivity index (χ4n) is 4.85. The Morgan fingerprint density at radius 2 is 1.62 bits per heavy atom. The number of aliphatic hydroxyl groups is 1. The van der Waals surface area contributed by atoms with Crippen LogP contribution in [0.5, 0.6) is 0 Å². The summed E-state index contributed by atoms with van der Waals surface area (Å²) < 4.78 is 5.92. The monoisotopic (exact) mass is 393 g/mol. The molecule has 4 nitrogen and oxygen atoms in total. The van der Waals surface area contributed by atoms with Crippen LogP contribution in [0, 0.1) is 5.92 Å². The molecule has 1 saturated carbocycles. The van der Waals surface area contributed by atoms with Gasteiger partial charge in [0.05, 0.1) is 0 Å². The van der Waals surface area contributed by atoms with Gasteiger partial charge in [0.25, 0.3) is 0 Å². The second-order valence-electron chi connectivity index (χ2n) is 8.50. The Balaban J connectivity index is 1.44. The Kier molecular flexibility index (Phi) is 6.31. The first kappa shape index (κ1) is 20.1. The molecule has 2 aliphatic rings. The van der Waals surface area contributed by atoms with Crippen molar-refractivity contribution < 1.29 is 14.6 Å². The number of ether oxygens (including phenoxy) is 1. The van der Waals surface area contributed by atoms with Gasteiger partial charge >= 0.3 is 5.97 Å². The molecule has 0 spiro atoms. The predicted octanol–water partition coefficient (Wildman–Crippen LogP) is 4.27. The van der Waals surface area contributed by atoms with Crippen LogP contribution in [-0.2, 0) is 21.7 Å². The van der Waals surface area contributed by atoms with Crippen molar-refractivity contribution in [3.8, 4) is 0 Å². The van der Waals surface area contributed by atoms with Crippen molar-refractivity contribution in [2.75, 3.05) is 13.1 Å². The predicted molar refractivity (Wildman–Crippen MR) is 113 cm³/mol. The normalized spacial score (nSPS) is 22.9. The molecule has 1 heterocycles. The average Bonchev–Trinajstić information content (AvgIpc) is 3.21. The molecule has 2 aromatic rings. The van der Waals surface area contributed by atoms with Crippen molar-refractivity contribution in [1.82, 2.24) is 4.90 Å². The Hall–Kier alpha value is -2.17. The third kappa shape index (κ3) is 4.54. The molecule has 1 saturated heterocycles. The van der Waals surface area contributed by atoms with Crippen LogP contribution in [-0.4, -0.2) is 35.2 Å². The van der Waals surface area contributed by atoms with Crippen molar-refractivity contribution in [3.05, 3.63) is 71.8 Å². The zero-order valence-corrected chi connectivity index (χ0v) is 17.0. The summed E-state index contributed by atoms with van der Waals surface area (Å²) in [6, 6.07) is 19.7. The van der Waals surface area contributed by atoms with E-state index in [2.05, 4.69) is 17.0 Å². The SMILES string of the molecule is O=C(OC1CCN(Cc2ccccc2)C1)C(O)(c1ccccc1)C1CCCCC1. The molecule has 1 aliphatic heterocycles. The average molecular weight is 394 g/mol. The molecule has 2 fully saturated rings. The number of rotatable bonds is 6. The second-order valence-corrected chi connectivity index (χ2v) is 8.50. The Labute approximate surface area is 173 Å². The third-order valence-electron chi connectivity index (χ3n) is 6.47. The molecule has 29 heavy (non-hydrogen) atoms. The molecule has 2 atom stereocenters. The Bertz CT molecular complexity index is 788. The molecular formula is C25H31NO3. The maximum Gasteiger partial charge on any atom is 0.343 e. The molecule has 0 bridgehead atoms. The van der Waals surface area contributed by atoms with Crippen LogP contribution in [0.2, 0.25) is 0 Å². The van der Waals surface area contributed by atoms with E-state index in [0.29, 0.717) is 5.56 Å². The van der Waals surface area contributed by atoms with Crippen molar-refractivity contribution in [2.45, 2.75) is 56.8 Å². The molecule has 0 amide bonds. The minimum atomic E-state index is -1.55. The van der Waals surface area contributed by atoms with E-state index >= 15 is 0 Å². The summed E-state index contributed by atoms with van der Waals surface area (Å²) in [5.41, 5.74) is 0.382. The van der Waals surface area contributed by atoms with E-state index < -0.39 is 11.6 Å². The summed E-state index contributed by atoms with van der Waals surface area (Å²) >= 11 is 0. The van der Waals surface area contributed by atoms with Gasteiger partial charge in [0, 0.05) is 25.6 Å². The van der Waals surface area contributed by atoms with Crippen molar-refractivity contribution in [3.63, 3.8) is 0 Å². The molecule has 4 rings (SSSR count). The van der Waals surface area contributed by atoms with Gasteiger partial charge in [-0.25, -0.2) is 4.79 Å². The number of esters is 1. The quantitative estimate of drug-likeness (QED) is 0.745. The maximum absolute atomic E-state index is 13.3. The highest BCUT2D eigenvalue weighted by Gasteiger charge is 2.48. The van der Waals surface area contributed by atoms with E-state index in [1.54, 1.807) is 0 Å². The summed E-state index contributed by atoms with van der Waals surface area (Å²) in [4.78, 5) is 15.6. The number of nitrogens with zero attached hydrogens (tertiary/aromatic N) is 1. The lowest BCUT2D eigenvalue weighted by molar-refractivity contribution is -0.180. The van der Waals surface area contributed by atoms with Gasteiger partial charge in [0.1, 0.15) is 6.10 Å². The van der Waals surface area contributed by atoms with E-state index in [1.165, 1.54) is 12.0 Å². The van der Waals surface area contributed by atoms with Crippen molar-refractivity contribution >= 4 is 5.97 Å². The number of carbonyl (C=O) groups excluding carboxylic acids is 1. The number of likely N-dealkylation sites (tertiary alicyclic amines) is 1. The largest absolute Gasteiger partial charge is 0.459 e. The van der Waals surface area contributed by atoms with Crippen LogP contribution in [0.1, 0.15) is 49.7 Å². The molecule has 154 valence electrons. The smallest absolute Gasteiger partial charge is 0.343 e. The fraction of sp³-hybridized carbons (Fsp3) is 0.480. The fourth-order valence-corrected chi connectivity index (χ4v) is 4.85. The van der Waals surface area contributed by atoms with E-state index in [0.717, 1.165) is 51.7 Å². The first-order chi connectivity index (χ1) is 14.2. The highest BCUT2D eigenvalue weighted by Crippen LogP contribution is 2.40. The molecular weight excluding hydrogens is 362 g/mol. The van der Waals surface area contributed by atoms with E-state index in [-0.39, 0.29) is 12.0 Å². The minimum absolute atomic E-state index is 0.0759. The van der Waals surface area contributed by atoms with Crippen LogP contribution < -0.4 is 0 Å². The van der Waals surface area contributed by atoms with Gasteiger partial charge in [-0.3, -0.25) is 4.90 Å². The van der Waals surface area contributed by atoms with E-state index in [1.807, 2.05) is 48.5 Å². The van der Waals surface area contributed by atoms with E-state index in [4.69, 9.17) is 4.74 Å². The third-order valence-corrected chi connectivity index (χ3v) is 6.47. The van der Waals surface area contributed by atoms with Crippen LogP contribution in [0.15, 0.2) is 60.7 Å². The number of benzene rings is 2. The standard InChI is InChI=1S/C25H31NO3/c27-24(29-23-16-17-26(19-23)18-20-10-4-1-5-11-20)25(28,21-12-6-2-7-13-21)22-14-8-3-9-15-22/h1-2,4-7,10-13,22-23,28H,3,8-9,14-19H2. The maximum atomic E-state index is 13.3. The van der Waals surface area contributed by atoms with Crippen molar-refractivity contribution in [2.24, 2.45) is 5.92 Å². The summed E-state index contributed by atoms with van der Waals surface area (Å²) in [5.74, 6) is -0.546. The Morgan fingerprint density at radius 3 is 2.31 bits per heavy atom. The molecule has 2 unspecified atom stereocenters. The highest BCUT2D eigenvalue weighted by molar-refractivity contribution is 5.81. The number of carbonyl (C=O) groups is 1. The zero-order valence-electron chi connectivity index (χ0n) is 17.0. The summed E-state index contributed by atoms with van der Waals surface area (Å²) in [5, 5.41) is 11.6. The number of hydrogen-bond donors (Lipinski definition) is 1. The topological polar surface area (TPSA) is 49.8 Å². The summed E-state index contributed by atoms with van der Waals surface area (Å²) in [7, 11) is 0. The lowest BCUT2D eigenvalue weighted by atomic mass is 9.73. The molecule has 2 aromatic carbocycles. The van der Waals surface area contributed by atoms with Crippen molar-refractivity contribution in [1.29, 1.82) is 0 Å². The minimum Gasteiger partial charge on any atom is -0.459 e. The van der Waals surface area contributed by atoms with Crippen LogP contribution >= 0.6 is 0 Å². The summed E-state index contributed by atoms with van der Waals surface area (Å²) in [6.07, 6.45) is 5.67. The lowest BCUT2D eigenvalue weighted by Gasteiger charge is -2.37. The molecule has 1 aliphatic carbocycles. The number of hydrogen-bond acceptors (Lipinski definition) is 4. The van der Waals surface area contributed by atoms with Crippen LogP contribution in [0.25, 0.3) is 0 Å². The van der Waals surface area contributed by atoms with Gasteiger partial charge in [-0.1, -0.05) is 79.9 Å². The highest BCUT2D eigenvalue weighted by atomic mass is 16.6. The van der Waals surface area contributed by atoms with Gasteiger partial charge in [-0.2, -0.15) is 0 Å². The molecule has 4 heteroatoms. The lowest BCUT2D eigenvalue weighted by Crippen LogP contribution is -2.46. The first-order valence-electron chi connectivity index (χ1n) is 10.9. The zero-order chi connectivity index (χ0) is 20.1. The van der Waals surface area contributed by atoms with Gasteiger partial charge in [0.2, 0.25) is 0 Å². The molecule has 0 aromatic heterocycles. The van der Waals surface area contributed by atoms with Crippen LogP contribution in [0.3, 0.4) is 0 Å². The first-order valence-corrected chi connectivity index (χ1v) is 10.9. The van der Waals surface area contributed by atoms with Gasteiger partial charge in [-0.05, 0) is 30.4 Å². The van der Waals surface area contributed by atoms with Gasteiger partial charge in [-0.15, -0.1) is 0 Å². The van der Waals surface area contributed by atoms with E-state index in [9.17, 15) is 9.90 Å². The Morgan fingerprint density at radius 1 is 0.966 bits per heavy atom. The molecule has 0 radical (unpaired) electrons. The van der Waals surface area contributed by atoms with Gasteiger partial charge in [0.15, 0.2) is 5.60 Å².